The van der Waals surface area contributed by atoms with Gasteiger partial charge in [0.05, 0.1) is 5.75 Å². The van der Waals surface area contributed by atoms with Crippen LogP contribution in [0.25, 0.3) is 0 Å². The molecule has 7 heteroatoms. The van der Waals surface area contributed by atoms with Crippen LogP contribution in [0.5, 0.6) is 0 Å². The molecule has 0 aromatic heterocycles. The molecule has 136 valence electrons. The van der Waals surface area contributed by atoms with Crippen molar-refractivity contribution in [3.05, 3.63) is 0 Å². The van der Waals surface area contributed by atoms with Crippen LogP contribution in [0.2, 0.25) is 0 Å². The van der Waals surface area contributed by atoms with Gasteiger partial charge < -0.3 is 9.64 Å². The normalized spacial score (nSPS) is 27.8. The maximum atomic E-state index is 12.3. The van der Waals surface area contributed by atoms with Crippen LogP contribution in [0.15, 0.2) is 0 Å². The molecule has 6 nitrogen and oxygen atoms in total. The number of nitrogens with zero attached hydrogens (tertiary/aromatic N) is 2. The molecule has 0 radical (unpaired) electrons. The van der Waals surface area contributed by atoms with Gasteiger partial charge in [-0.1, -0.05) is 13.3 Å². The molecule has 0 aromatic rings. The summed E-state index contributed by atoms with van der Waals surface area (Å²) in [5.74, 6) is 0.593. The van der Waals surface area contributed by atoms with Gasteiger partial charge in [-0.25, -0.2) is 13.1 Å². The minimum Gasteiger partial charge on any atom is -0.381 e. The first kappa shape index (κ1) is 19.1. The number of likely N-dealkylation sites (tertiary alicyclic amines) is 1. The molecule has 23 heavy (non-hydrogen) atoms. The number of hydrogen-bond donors (Lipinski definition) is 1. The summed E-state index contributed by atoms with van der Waals surface area (Å²) in [5, 5.41) is 0. The van der Waals surface area contributed by atoms with Crippen LogP contribution in [-0.2, 0) is 14.8 Å². The monoisotopic (exact) mass is 347 g/mol. The third-order valence-electron chi connectivity index (χ3n) is 4.87. The van der Waals surface area contributed by atoms with Gasteiger partial charge in [0.25, 0.3) is 0 Å². The molecule has 1 N–H and O–H groups in total. The Morgan fingerprint density at radius 1 is 1.22 bits per heavy atom. The first-order chi connectivity index (χ1) is 10.9. The van der Waals surface area contributed by atoms with Crippen molar-refractivity contribution in [2.75, 3.05) is 52.7 Å². The molecule has 0 spiro atoms. The van der Waals surface area contributed by atoms with Gasteiger partial charge in [0.2, 0.25) is 10.0 Å². The van der Waals surface area contributed by atoms with Crippen LogP contribution in [0, 0.1) is 5.92 Å². The molecule has 0 unspecified atom stereocenters. The lowest BCUT2D eigenvalue weighted by Gasteiger charge is -2.31. The molecule has 0 aliphatic carbocycles. The van der Waals surface area contributed by atoms with Crippen LogP contribution < -0.4 is 4.72 Å². The van der Waals surface area contributed by atoms with Crippen molar-refractivity contribution in [2.45, 2.75) is 44.7 Å². The molecule has 0 aromatic carbocycles. The van der Waals surface area contributed by atoms with Gasteiger partial charge in [-0.05, 0) is 33.4 Å². The summed E-state index contributed by atoms with van der Waals surface area (Å²) < 4.78 is 33.0. The zero-order valence-corrected chi connectivity index (χ0v) is 15.6. The van der Waals surface area contributed by atoms with Crippen molar-refractivity contribution in [3.8, 4) is 0 Å². The van der Waals surface area contributed by atoms with E-state index >= 15 is 0 Å². The largest absolute Gasteiger partial charge is 0.381 e. The quantitative estimate of drug-likeness (QED) is 0.702. The van der Waals surface area contributed by atoms with Gasteiger partial charge in [-0.15, -0.1) is 0 Å². The summed E-state index contributed by atoms with van der Waals surface area (Å²) in [5.41, 5.74) is 0. The van der Waals surface area contributed by atoms with Crippen molar-refractivity contribution in [2.24, 2.45) is 5.92 Å². The first-order valence-corrected chi connectivity index (χ1v) is 10.5. The summed E-state index contributed by atoms with van der Waals surface area (Å²) >= 11 is 0. The van der Waals surface area contributed by atoms with E-state index in [1.165, 1.54) is 0 Å². The second-order valence-electron chi connectivity index (χ2n) is 7.22. The Morgan fingerprint density at radius 3 is 2.52 bits per heavy atom. The molecule has 0 saturated carbocycles. The lowest BCUT2D eigenvalue weighted by Crippen LogP contribution is -2.44. The minimum atomic E-state index is -3.17. The van der Waals surface area contributed by atoms with Gasteiger partial charge in [-0.3, -0.25) is 4.90 Å². The van der Waals surface area contributed by atoms with E-state index in [2.05, 4.69) is 28.6 Å². The standard InChI is InChI=1S/C16H33N3O3S/c1-4-5-10-23(20,21)17-16-13-19(12-14(16)11-18(2)3)15-6-8-22-9-7-15/h14-17H,4-13H2,1-3H3/t14-,16-/m1/s1. The summed E-state index contributed by atoms with van der Waals surface area (Å²) in [6.07, 6.45) is 3.75. The topological polar surface area (TPSA) is 61.9 Å². The van der Waals surface area contributed by atoms with Crippen LogP contribution in [0.1, 0.15) is 32.6 Å². The van der Waals surface area contributed by atoms with Gasteiger partial charge in [0.1, 0.15) is 0 Å². The highest BCUT2D eigenvalue weighted by atomic mass is 32.2. The molecule has 0 amide bonds. The number of sulfonamides is 1. The van der Waals surface area contributed by atoms with E-state index in [1.54, 1.807) is 0 Å². The average Bonchev–Trinajstić information content (AvgIpc) is 2.87. The maximum absolute atomic E-state index is 12.3. The van der Waals surface area contributed by atoms with E-state index in [-0.39, 0.29) is 11.8 Å². The zero-order valence-electron chi connectivity index (χ0n) is 14.8. The fraction of sp³-hybridized carbons (Fsp3) is 1.00. The van der Waals surface area contributed by atoms with E-state index < -0.39 is 10.0 Å². The van der Waals surface area contributed by atoms with E-state index in [9.17, 15) is 8.42 Å². The highest BCUT2D eigenvalue weighted by Gasteiger charge is 2.38. The maximum Gasteiger partial charge on any atom is 0.211 e. The summed E-state index contributed by atoms with van der Waals surface area (Å²) in [4.78, 5) is 4.63. The molecular formula is C16H33N3O3S. The molecule has 2 heterocycles. The molecule has 2 aliphatic heterocycles. The van der Waals surface area contributed by atoms with Crippen LogP contribution in [0.3, 0.4) is 0 Å². The lowest BCUT2D eigenvalue weighted by molar-refractivity contribution is 0.0405. The number of unbranched alkanes of at least 4 members (excludes halogenated alkanes) is 1. The molecule has 2 aliphatic rings. The predicted octanol–water partition coefficient (Wildman–Crippen LogP) is 0.747. The Morgan fingerprint density at radius 2 is 1.91 bits per heavy atom. The fourth-order valence-corrected chi connectivity index (χ4v) is 5.18. The summed E-state index contributed by atoms with van der Waals surface area (Å²) in [7, 11) is 0.941. The second kappa shape index (κ2) is 8.76. The Bertz CT molecular complexity index is 449. The van der Waals surface area contributed by atoms with Crippen molar-refractivity contribution >= 4 is 10.0 Å². The highest BCUT2D eigenvalue weighted by Crippen LogP contribution is 2.25. The van der Waals surface area contributed by atoms with Crippen LogP contribution in [0.4, 0.5) is 0 Å². The van der Waals surface area contributed by atoms with Crippen molar-refractivity contribution in [1.82, 2.24) is 14.5 Å². The second-order valence-corrected chi connectivity index (χ2v) is 9.09. The number of ether oxygens (including phenoxy) is 1. The Hall–Kier alpha value is -0.210. The summed E-state index contributed by atoms with van der Waals surface area (Å²) in [6, 6.07) is 0.570. The SMILES string of the molecule is CCCCS(=O)(=O)N[C@@H]1CN(C2CCOCC2)C[C@H]1CN(C)C. The fourth-order valence-electron chi connectivity index (χ4n) is 3.66. The zero-order chi connectivity index (χ0) is 16.9. The Labute approximate surface area is 141 Å². The third kappa shape index (κ3) is 5.98. The highest BCUT2D eigenvalue weighted by molar-refractivity contribution is 7.89. The minimum absolute atomic E-state index is 0.0297. The van der Waals surface area contributed by atoms with E-state index in [4.69, 9.17) is 4.74 Å². The first-order valence-electron chi connectivity index (χ1n) is 8.88. The number of rotatable bonds is 8. The number of hydrogen-bond acceptors (Lipinski definition) is 5. The molecular weight excluding hydrogens is 314 g/mol. The molecule has 2 atom stereocenters. The Balaban J connectivity index is 1.99. The van der Waals surface area contributed by atoms with Gasteiger partial charge in [-0.2, -0.15) is 0 Å². The smallest absolute Gasteiger partial charge is 0.211 e. The van der Waals surface area contributed by atoms with Gasteiger partial charge >= 0.3 is 0 Å². The van der Waals surface area contributed by atoms with Crippen LogP contribution >= 0.6 is 0 Å². The average molecular weight is 348 g/mol. The Kier molecular flexibility index (Phi) is 7.28. The van der Waals surface area contributed by atoms with Crippen molar-refractivity contribution < 1.29 is 13.2 Å². The third-order valence-corrected chi connectivity index (χ3v) is 6.36. The van der Waals surface area contributed by atoms with Gasteiger partial charge in [0, 0.05) is 50.8 Å². The summed E-state index contributed by atoms with van der Waals surface area (Å²) in [6.45, 7) is 6.39. The van der Waals surface area contributed by atoms with Crippen molar-refractivity contribution in [1.29, 1.82) is 0 Å². The van der Waals surface area contributed by atoms with E-state index in [1.807, 2.05) is 6.92 Å². The van der Waals surface area contributed by atoms with E-state index in [0.29, 0.717) is 12.0 Å². The van der Waals surface area contributed by atoms with Crippen LogP contribution in [-0.4, -0.2) is 83.0 Å². The molecule has 2 saturated heterocycles. The lowest BCUT2D eigenvalue weighted by atomic mass is 10.0. The van der Waals surface area contributed by atoms with Gasteiger partial charge in [0.15, 0.2) is 0 Å². The number of nitrogens with one attached hydrogen (secondary N) is 1. The molecule has 2 fully saturated rings. The van der Waals surface area contributed by atoms with Crippen molar-refractivity contribution in [3.63, 3.8) is 0 Å². The van der Waals surface area contributed by atoms with E-state index in [0.717, 1.165) is 58.5 Å². The molecule has 0 bridgehead atoms. The predicted molar refractivity (Wildman–Crippen MR) is 93.1 cm³/mol. The molecule has 2 rings (SSSR count).